The molecular weight excluding hydrogens is 364 g/mol. The number of nitrogens with zero attached hydrogens (tertiary/aromatic N) is 5. The topological polar surface area (TPSA) is 129 Å². The molecule has 2 aromatic rings. The number of carbonyl (C=O) groups excluding carboxylic acids is 2. The minimum atomic E-state index is -1.13. The van der Waals surface area contributed by atoms with E-state index in [-0.39, 0.29) is 30.1 Å². The van der Waals surface area contributed by atoms with Crippen molar-refractivity contribution in [1.82, 2.24) is 25.2 Å². The summed E-state index contributed by atoms with van der Waals surface area (Å²) < 4.78 is 0. The van der Waals surface area contributed by atoms with Gasteiger partial charge in [-0.1, -0.05) is 0 Å². The Labute approximate surface area is 161 Å². The van der Waals surface area contributed by atoms with E-state index in [2.05, 4.69) is 20.3 Å². The molecule has 0 aliphatic carbocycles. The Balaban J connectivity index is 1.43. The highest BCUT2D eigenvalue weighted by Gasteiger charge is 2.22. The van der Waals surface area contributed by atoms with Gasteiger partial charge in [-0.2, -0.15) is 0 Å². The van der Waals surface area contributed by atoms with Crippen molar-refractivity contribution in [3.05, 3.63) is 48.0 Å². The molecule has 3 heterocycles. The summed E-state index contributed by atoms with van der Waals surface area (Å²) in [6.45, 7) is 2.57. The number of aromatic carboxylic acids is 1. The SMILES string of the molecule is O=C(O)c1ccnc(C(=O)NCCC(=O)N2CCN(c3ncccn3)CC2)c1. The Morgan fingerprint density at radius 2 is 1.75 bits per heavy atom. The van der Waals surface area contributed by atoms with Gasteiger partial charge >= 0.3 is 5.97 Å². The van der Waals surface area contributed by atoms with Gasteiger partial charge in [-0.25, -0.2) is 14.8 Å². The van der Waals surface area contributed by atoms with Crippen molar-refractivity contribution in [2.75, 3.05) is 37.6 Å². The maximum absolute atomic E-state index is 12.3. The van der Waals surface area contributed by atoms with E-state index in [1.54, 1.807) is 23.4 Å². The fourth-order valence-corrected chi connectivity index (χ4v) is 2.83. The Hall–Kier alpha value is -3.56. The molecule has 28 heavy (non-hydrogen) atoms. The molecule has 10 heteroatoms. The minimum absolute atomic E-state index is 0.00354. The number of piperazine rings is 1. The Morgan fingerprint density at radius 3 is 2.43 bits per heavy atom. The van der Waals surface area contributed by atoms with Crippen molar-refractivity contribution in [2.45, 2.75) is 6.42 Å². The minimum Gasteiger partial charge on any atom is -0.478 e. The average molecular weight is 384 g/mol. The van der Waals surface area contributed by atoms with Crippen molar-refractivity contribution in [2.24, 2.45) is 0 Å². The van der Waals surface area contributed by atoms with Gasteiger partial charge < -0.3 is 20.2 Å². The lowest BCUT2D eigenvalue weighted by atomic mass is 10.2. The number of aromatic nitrogens is 3. The number of anilines is 1. The standard InChI is InChI=1S/C18H20N6O4/c25-15(23-8-10-24(11-9-23)18-21-4-1-5-22-18)3-7-20-16(26)14-12-13(17(27)28)2-6-19-14/h1-2,4-6,12H,3,7-11H2,(H,20,26)(H,27,28). The normalized spacial score (nSPS) is 13.9. The summed E-state index contributed by atoms with van der Waals surface area (Å²) in [4.78, 5) is 51.4. The van der Waals surface area contributed by atoms with Gasteiger partial charge in [0.25, 0.3) is 5.91 Å². The Morgan fingerprint density at radius 1 is 1.04 bits per heavy atom. The fourth-order valence-electron chi connectivity index (χ4n) is 2.83. The van der Waals surface area contributed by atoms with Gasteiger partial charge in [0.15, 0.2) is 0 Å². The van der Waals surface area contributed by atoms with Crippen LogP contribution in [0.1, 0.15) is 27.3 Å². The summed E-state index contributed by atoms with van der Waals surface area (Å²) >= 11 is 0. The second kappa shape index (κ2) is 8.89. The van der Waals surface area contributed by atoms with Gasteiger partial charge in [0.2, 0.25) is 11.9 Å². The highest BCUT2D eigenvalue weighted by atomic mass is 16.4. The predicted molar refractivity (Wildman–Crippen MR) is 99.0 cm³/mol. The molecule has 1 aliphatic heterocycles. The van der Waals surface area contributed by atoms with Crippen LogP contribution in [0.15, 0.2) is 36.8 Å². The first-order valence-corrected chi connectivity index (χ1v) is 8.82. The summed E-state index contributed by atoms with van der Waals surface area (Å²) in [5.74, 6) is -1.05. The monoisotopic (exact) mass is 384 g/mol. The number of hydrogen-bond donors (Lipinski definition) is 2. The van der Waals surface area contributed by atoms with Crippen molar-refractivity contribution in [1.29, 1.82) is 0 Å². The summed E-state index contributed by atoms with van der Waals surface area (Å²) in [5.41, 5.74) is -0.0136. The van der Waals surface area contributed by atoms with Gasteiger partial charge in [-0.05, 0) is 18.2 Å². The maximum atomic E-state index is 12.3. The molecule has 3 rings (SSSR count). The zero-order valence-corrected chi connectivity index (χ0v) is 15.1. The molecule has 0 bridgehead atoms. The van der Waals surface area contributed by atoms with Crippen LogP contribution in [0.3, 0.4) is 0 Å². The highest BCUT2D eigenvalue weighted by Crippen LogP contribution is 2.10. The van der Waals surface area contributed by atoms with Gasteiger partial charge in [0, 0.05) is 57.7 Å². The predicted octanol–water partition coefficient (Wildman–Crippen LogP) is 0.0385. The van der Waals surface area contributed by atoms with E-state index in [4.69, 9.17) is 5.11 Å². The fraction of sp³-hybridized carbons (Fsp3) is 0.333. The molecule has 2 N–H and O–H groups in total. The van der Waals surface area contributed by atoms with E-state index < -0.39 is 11.9 Å². The molecule has 1 saturated heterocycles. The first-order valence-electron chi connectivity index (χ1n) is 8.82. The van der Waals surface area contributed by atoms with Crippen LogP contribution in [0.25, 0.3) is 0 Å². The van der Waals surface area contributed by atoms with E-state index in [1.165, 1.54) is 18.3 Å². The lowest BCUT2D eigenvalue weighted by Crippen LogP contribution is -2.49. The zero-order chi connectivity index (χ0) is 19.9. The molecular formula is C18H20N6O4. The summed E-state index contributed by atoms with van der Waals surface area (Å²) in [5, 5.41) is 11.6. The molecule has 146 valence electrons. The molecule has 0 saturated carbocycles. The number of pyridine rings is 1. The number of hydrogen-bond acceptors (Lipinski definition) is 7. The van der Waals surface area contributed by atoms with Crippen LogP contribution < -0.4 is 10.2 Å². The molecule has 1 aliphatic rings. The smallest absolute Gasteiger partial charge is 0.335 e. The van der Waals surface area contributed by atoms with Crippen LogP contribution in [0, 0.1) is 0 Å². The average Bonchev–Trinajstić information content (AvgIpc) is 2.74. The first kappa shape index (κ1) is 19.2. The quantitative estimate of drug-likeness (QED) is 0.714. The largest absolute Gasteiger partial charge is 0.478 e. The summed E-state index contributed by atoms with van der Waals surface area (Å²) in [7, 11) is 0. The molecule has 0 radical (unpaired) electrons. The third kappa shape index (κ3) is 4.78. The van der Waals surface area contributed by atoms with Crippen LogP contribution in [0.5, 0.6) is 0 Å². The molecule has 1 fully saturated rings. The van der Waals surface area contributed by atoms with Crippen molar-refractivity contribution in [3.8, 4) is 0 Å². The van der Waals surface area contributed by atoms with Crippen molar-refractivity contribution >= 4 is 23.7 Å². The highest BCUT2D eigenvalue weighted by molar-refractivity contribution is 5.95. The van der Waals surface area contributed by atoms with Crippen LogP contribution in [0.2, 0.25) is 0 Å². The lowest BCUT2D eigenvalue weighted by molar-refractivity contribution is -0.131. The van der Waals surface area contributed by atoms with Crippen LogP contribution in [-0.4, -0.2) is 75.5 Å². The third-order valence-corrected chi connectivity index (χ3v) is 4.33. The maximum Gasteiger partial charge on any atom is 0.335 e. The second-order valence-corrected chi connectivity index (χ2v) is 6.16. The van der Waals surface area contributed by atoms with E-state index in [0.717, 1.165) is 0 Å². The van der Waals surface area contributed by atoms with Gasteiger partial charge in [0.05, 0.1) is 5.56 Å². The van der Waals surface area contributed by atoms with E-state index in [9.17, 15) is 14.4 Å². The summed E-state index contributed by atoms with van der Waals surface area (Å²) in [6, 6.07) is 4.26. The van der Waals surface area contributed by atoms with Crippen LogP contribution in [-0.2, 0) is 4.79 Å². The number of nitrogens with one attached hydrogen (secondary N) is 1. The van der Waals surface area contributed by atoms with E-state index in [1.807, 2.05) is 4.90 Å². The van der Waals surface area contributed by atoms with Gasteiger partial charge in [-0.15, -0.1) is 0 Å². The third-order valence-electron chi connectivity index (χ3n) is 4.33. The molecule has 0 unspecified atom stereocenters. The van der Waals surface area contributed by atoms with Gasteiger partial charge in [-0.3, -0.25) is 14.6 Å². The number of rotatable bonds is 6. The molecule has 2 amide bonds. The molecule has 0 aromatic carbocycles. The number of carbonyl (C=O) groups is 3. The Bertz CT molecular complexity index is 852. The molecule has 10 nitrogen and oxygen atoms in total. The van der Waals surface area contributed by atoms with Crippen LogP contribution in [0.4, 0.5) is 5.95 Å². The van der Waals surface area contributed by atoms with E-state index >= 15 is 0 Å². The van der Waals surface area contributed by atoms with Gasteiger partial charge in [0.1, 0.15) is 5.69 Å². The molecule has 0 atom stereocenters. The molecule has 0 spiro atoms. The van der Waals surface area contributed by atoms with Crippen LogP contribution >= 0.6 is 0 Å². The Kier molecular flexibility index (Phi) is 6.10. The lowest BCUT2D eigenvalue weighted by Gasteiger charge is -2.34. The van der Waals surface area contributed by atoms with Crippen molar-refractivity contribution < 1.29 is 19.5 Å². The number of carboxylic acids is 1. The molecule has 2 aromatic heterocycles. The summed E-state index contributed by atoms with van der Waals surface area (Å²) in [6.07, 6.45) is 4.79. The number of amides is 2. The number of carboxylic acid groups (broad SMARTS) is 1. The second-order valence-electron chi connectivity index (χ2n) is 6.16. The zero-order valence-electron chi connectivity index (χ0n) is 15.1. The van der Waals surface area contributed by atoms with E-state index in [0.29, 0.717) is 32.1 Å². The van der Waals surface area contributed by atoms with Crippen molar-refractivity contribution in [3.63, 3.8) is 0 Å². The first-order chi connectivity index (χ1) is 13.5.